The fraction of sp³-hybridized carbons (Fsp3) is 0.250. The molecule has 0 saturated carbocycles. The molecule has 7 nitrogen and oxygen atoms in total. The minimum Gasteiger partial charge on any atom is -0.497 e. The number of carbonyl (C=O) groups is 2. The van der Waals surface area contributed by atoms with Crippen LogP contribution in [0.15, 0.2) is 36.5 Å². The number of nitrogens with zero attached hydrogens (tertiary/aromatic N) is 2. The fourth-order valence-corrected chi connectivity index (χ4v) is 1.89. The van der Waals surface area contributed by atoms with Crippen molar-refractivity contribution in [1.82, 2.24) is 20.6 Å². The normalized spacial score (nSPS) is 10.0. The van der Waals surface area contributed by atoms with Crippen molar-refractivity contribution in [2.24, 2.45) is 0 Å². The summed E-state index contributed by atoms with van der Waals surface area (Å²) in [6, 6.07) is 8.39. The van der Waals surface area contributed by atoms with Crippen LogP contribution in [-0.4, -0.2) is 42.0 Å². The molecule has 0 unspecified atom stereocenters. The number of aromatic nitrogens is 2. The Morgan fingerprint density at radius 1 is 1.13 bits per heavy atom. The Labute approximate surface area is 134 Å². The van der Waals surface area contributed by atoms with E-state index in [0.29, 0.717) is 35.9 Å². The van der Waals surface area contributed by atoms with Crippen LogP contribution >= 0.6 is 0 Å². The SMILES string of the molecule is COc1cccc(C(=O)NCCNC(=O)c2ccnc(C)n2)c1. The first-order chi connectivity index (χ1) is 11.1. The predicted octanol–water partition coefficient (Wildman–Crippen LogP) is 0.953. The van der Waals surface area contributed by atoms with Gasteiger partial charge >= 0.3 is 0 Å². The molecule has 1 aromatic carbocycles. The Morgan fingerprint density at radius 3 is 2.57 bits per heavy atom. The van der Waals surface area contributed by atoms with Crippen molar-refractivity contribution < 1.29 is 14.3 Å². The van der Waals surface area contributed by atoms with Gasteiger partial charge in [-0.2, -0.15) is 0 Å². The van der Waals surface area contributed by atoms with E-state index < -0.39 is 0 Å². The quantitative estimate of drug-likeness (QED) is 0.775. The summed E-state index contributed by atoms with van der Waals surface area (Å²) in [4.78, 5) is 31.8. The third-order valence-electron chi connectivity index (χ3n) is 3.04. The van der Waals surface area contributed by atoms with Gasteiger partial charge < -0.3 is 15.4 Å². The van der Waals surface area contributed by atoms with Crippen LogP contribution in [0.4, 0.5) is 0 Å². The summed E-state index contributed by atoms with van der Waals surface area (Å²) in [5.74, 6) is 0.622. The molecule has 0 radical (unpaired) electrons. The van der Waals surface area contributed by atoms with Gasteiger partial charge in [0.25, 0.3) is 11.8 Å². The highest BCUT2D eigenvalue weighted by molar-refractivity contribution is 5.94. The highest BCUT2D eigenvalue weighted by Crippen LogP contribution is 2.12. The van der Waals surface area contributed by atoms with Crippen LogP contribution < -0.4 is 15.4 Å². The zero-order valence-corrected chi connectivity index (χ0v) is 13.0. The number of rotatable bonds is 6. The number of hydrogen-bond acceptors (Lipinski definition) is 5. The smallest absolute Gasteiger partial charge is 0.270 e. The number of benzene rings is 1. The van der Waals surface area contributed by atoms with E-state index in [0.717, 1.165) is 0 Å². The molecule has 23 heavy (non-hydrogen) atoms. The topological polar surface area (TPSA) is 93.2 Å². The molecule has 0 aliphatic rings. The standard InChI is InChI=1S/C16H18N4O3/c1-11-17-7-6-14(20-11)16(22)19-9-8-18-15(21)12-4-3-5-13(10-12)23-2/h3-7,10H,8-9H2,1-2H3,(H,18,21)(H,19,22). The lowest BCUT2D eigenvalue weighted by atomic mass is 10.2. The second-order valence-corrected chi connectivity index (χ2v) is 4.73. The van der Waals surface area contributed by atoms with Gasteiger partial charge in [-0.3, -0.25) is 9.59 Å². The first-order valence-electron chi connectivity index (χ1n) is 7.10. The average molecular weight is 314 g/mol. The molecule has 0 spiro atoms. The lowest BCUT2D eigenvalue weighted by Crippen LogP contribution is -2.35. The Morgan fingerprint density at radius 2 is 1.87 bits per heavy atom. The van der Waals surface area contributed by atoms with Crippen molar-refractivity contribution >= 4 is 11.8 Å². The maximum atomic E-state index is 12.0. The van der Waals surface area contributed by atoms with Crippen LogP contribution in [0.5, 0.6) is 5.75 Å². The number of aryl methyl sites for hydroxylation is 1. The summed E-state index contributed by atoms with van der Waals surface area (Å²) >= 11 is 0. The number of carbonyl (C=O) groups excluding carboxylic acids is 2. The molecule has 1 heterocycles. The first kappa shape index (κ1) is 16.4. The van der Waals surface area contributed by atoms with Gasteiger partial charge in [0.05, 0.1) is 7.11 Å². The molecule has 0 aliphatic heterocycles. The minimum absolute atomic E-state index is 0.226. The van der Waals surface area contributed by atoms with Crippen LogP contribution in [0, 0.1) is 6.92 Å². The molecule has 0 fully saturated rings. The zero-order chi connectivity index (χ0) is 16.7. The summed E-state index contributed by atoms with van der Waals surface area (Å²) in [6.07, 6.45) is 1.53. The largest absolute Gasteiger partial charge is 0.497 e. The van der Waals surface area contributed by atoms with Crippen LogP contribution in [0.3, 0.4) is 0 Å². The van der Waals surface area contributed by atoms with E-state index in [1.165, 1.54) is 12.3 Å². The van der Waals surface area contributed by atoms with Gasteiger partial charge in [0.2, 0.25) is 0 Å². The van der Waals surface area contributed by atoms with Crippen LogP contribution in [0.2, 0.25) is 0 Å². The predicted molar refractivity (Wildman–Crippen MR) is 84.4 cm³/mol. The maximum Gasteiger partial charge on any atom is 0.270 e. The van der Waals surface area contributed by atoms with Crippen molar-refractivity contribution in [3.63, 3.8) is 0 Å². The number of nitrogens with one attached hydrogen (secondary N) is 2. The number of hydrogen-bond donors (Lipinski definition) is 2. The van der Waals surface area contributed by atoms with Gasteiger partial charge in [-0.1, -0.05) is 6.07 Å². The molecular formula is C16H18N4O3. The monoisotopic (exact) mass is 314 g/mol. The zero-order valence-electron chi connectivity index (χ0n) is 13.0. The van der Waals surface area contributed by atoms with Crippen molar-refractivity contribution in [1.29, 1.82) is 0 Å². The molecular weight excluding hydrogens is 296 g/mol. The van der Waals surface area contributed by atoms with Gasteiger partial charge in [-0.05, 0) is 31.2 Å². The summed E-state index contributed by atoms with van der Waals surface area (Å²) < 4.78 is 5.07. The molecule has 2 aromatic rings. The van der Waals surface area contributed by atoms with E-state index in [9.17, 15) is 9.59 Å². The third kappa shape index (κ3) is 4.77. The molecule has 1 aromatic heterocycles. The molecule has 0 aliphatic carbocycles. The summed E-state index contributed by atoms with van der Waals surface area (Å²) in [6.45, 7) is 2.33. The number of ether oxygens (including phenoxy) is 1. The Bertz CT molecular complexity index is 703. The summed E-state index contributed by atoms with van der Waals surface area (Å²) in [7, 11) is 1.54. The highest BCUT2D eigenvalue weighted by Gasteiger charge is 2.08. The van der Waals surface area contributed by atoms with E-state index in [-0.39, 0.29) is 11.8 Å². The molecule has 2 N–H and O–H groups in total. The van der Waals surface area contributed by atoms with E-state index in [1.54, 1.807) is 38.3 Å². The van der Waals surface area contributed by atoms with E-state index in [4.69, 9.17) is 4.74 Å². The lowest BCUT2D eigenvalue weighted by Gasteiger charge is -2.08. The van der Waals surface area contributed by atoms with Crippen molar-refractivity contribution in [2.75, 3.05) is 20.2 Å². The first-order valence-corrected chi connectivity index (χ1v) is 7.10. The summed E-state index contributed by atoms with van der Waals surface area (Å²) in [5, 5.41) is 5.41. The molecule has 2 amide bonds. The van der Waals surface area contributed by atoms with Gasteiger partial charge in [-0.25, -0.2) is 9.97 Å². The second kappa shape index (κ2) is 7.88. The van der Waals surface area contributed by atoms with Crippen LogP contribution in [0.1, 0.15) is 26.7 Å². The van der Waals surface area contributed by atoms with Gasteiger partial charge in [-0.15, -0.1) is 0 Å². The number of methoxy groups -OCH3 is 1. The molecule has 120 valence electrons. The van der Waals surface area contributed by atoms with Gasteiger partial charge in [0.1, 0.15) is 17.3 Å². The van der Waals surface area contributed by atoms with Gasteiger partial charge in [0, 0.05) is 24.8 Å². The highest BCUT2D eigenvalue weighted by atomic mass is 16.5. The Balaban J connectivity index is 1.78. The Hall–Kier alpha value is -2.96. The average Bonchev–Trinajstić information content (AvgIpc) is 2.58. The van der Waals surface area contributed by atoms with E-state index in [2.05, 4.69) is 20.6 Å². The van der Waals surface area contributed by atoms with Crippen molar-refractivity contribution in [3.8, 4) is 5.75 Å². The molecule has 0 saturated heterocycles. The van der Waals surface area contributed by atoms with Crippen molar-refractivity contribution in [2.45, 2.75) is 6.92 Å². The molecule has 0 bridgehead atoms. The van der Waals surface area contributed by atoms with E-state index >= 15 is 0 Å². The third-order valence-corrected chi connectivity index (χ3v) is 3.04. The van der Waals surface area contributed by atoms with Crippen LogP contribution in [0.25, 0.3) is 0 Å². The van der Waals surface area contributed by atoms with Gasteiger partial charge in [0.15, 0.2) is 0 Å². The Kier molecular flexibility index (Phi) is 5.62. The summed E-state index contributed by atoms with van der Waals surface area (Å²) in [5.41, 5.74) is 0.804. The van der Waals surface area contributed by atoms with E-state index in [1.807, 2.05) is 0 Å². The fourth-order valence-electron chi connectivity index (χ4n) is 1.89. The molecule has 2 rings (SSSR count). The van der Waals surface area contributed by atoms with Crippen molar-refractivity contribution in [3.05, 3.63) is 53.6 Å². The minimum atomic E-state index is -0.300. The maximum absolute atomic E-state index is 12.0. The molecule has 7 heteroatoms. The lowest BCUT2D eigenvalue weighted by molar-refractivity contribution is 0.0925. The number of amides is 2. The second-order valence-electron chi connectivity index (χ2n) is 4.73. The molecule has 0 atom stereocenters. The van der Waals surface area contributed by atoms with Crippen LogP contribution in [-0.2, 0) is 0 Å².